The molecular formula is C34H43ClN2O4S. The highest BCUT2D eigenvalue weighted by molar-refractivity contribution is 7.98. The molecule has 4 aliphatic rings. The Balaban J connectivity index is 1.38. The molecule has 6 nitrogen and oxygen atoms in total. The molecule has 6 atom stereocenters. The molecule has 6 rings (SSSR count). The number of nitrogens with one attached hydrogen (secondary N) is 1. The number of aliphatic hydroxyl groups is 1. The van der Waals surface area contributed by atoms with Crippen LogP contribution in [-0.4, -0.2) is 55.3 Å². The molecule has 2 aliphatic carbocycles. The summed E-state index contributed by atoms with van der Waals surface area (Å²) in [5.41, 5.74) is 4.05. The Labute approximate surface area is 259 Å². The van der Waals surface area contributed by atoms with E-state index in [1.807, 2.05) is 30.3 Å². The second-order valence-corrected chi connectivity index (χ2v) is 14.4. The first-order chi connectivity index (χ1) is 20.3. The maximum atomic E-state index is 13.5. The van der Waals surface area contributed by atoms with Gasteiger partial charge >= 0.3 is 0 Å². The Morgan fingerprint density at radius 1 is 1.21 bits per heavy atom. The fourth-order valence-electron chi connectivity index (χ4n) is 7.49. The average molecular weight is 611 g/mol. The highest BCUT2D eigenvalue weighted by Gasteiger charge is 2.44. The summed E-state index contributed by atoms with van der Waals surface area (Å²) in [6.45, 7) is 6.49. The number of rotatable bonds is 2. The summed E-state index contributed by atoms with van der Waals surface area (Å²) in [4.78, 5) is 16.0. The Kier molecular flexibility index (Phi) is 8.84. The fourth-order valence-corrected chi connectivity index (χ4v) is 8.69. The second-order valence-electron chi connectivity index (χ2n) is 13.0. The van der Waals surface area contributed by atoms with Crippen molar-refractivity contribution in [3.05, 3.63) is 70.3 Å². The van der Waals surface area contributed by atoms with Gasteiger partial charge in [-0.05, 0) is 110 Å². The number of aryl methyl sites for hydroxylation is 1. The van der Waals surface area contributed by atoms with E-state index in [1.54, 1.807) is 7.11 Å². The van der Waals surface area contributed by atoms with E-state index >= 15 is 0 Å². The van der Waals surface area contributed by atoms with Crippen molar-refractivity contribution in [2.24, 2.45) is 17.8 Å². The number of aliphatic hydroxyl groups excluding tert-OH is 1. The minimum atomic E-state index is -0.487. The molecule has 226 valence electrons. The van der Waals surface area contributed by atoms with Crippen LogP contribution in [0.4, 0.5) is 5.69 Å². The van der Waals surface area contributed by atoms with Crippen molar-refractivity contribution in [3.8, 4) is 5.75 Å². The van der Waals surface area contributed by atoms with Gasteiger partial charge < -0.3 is 19.5 Å². The lowest BCUT2D eigenvalue weighted by molar-refractivity contribution is 0.0451. The maximum absolute atomic E-state index is 13.5. The molecule has 2 aromatic rings. The van der Waals surface area contributed by atoms with Crippen molar-refractivity contribution in [3.63, 3.8) is 0 Å². The van der Waals surface area contributed by atoms with Gasteiger partial charge in [0.1, 0.15) is 5.75 Å². The molecule has 1 spiro atoms. The van der Waals surface area contributed by atoms with Gasteiger partial charge in [0.25, 0.3) is 5.91 Å². The van der Waals surface area contributed by atoms with Crippen LogP contribution in [-0.2, 0) is 16.6 Å². The summed E-state index contributed by atoms with van der Waals surface area (Å²) in [6, 6.07) is 12.2. The van der Waals surface area contributed by atoms with E-state index in [-0.39, 0.29) is 34.5 Å². The van der Waals surface area contributed by atoms with Gasteiger partial charge in [0, 0.05) is 36.2 Å². The largest absolute Gasteiger partial charge is 0.490 e. The number of carbonyl (C=O) groups excluding carboxylic acids is 1. The molecular weight excluding hydrogens is 568 g/mol. The second kappa shape index (κ2) is 12.4. The Bertz CT molecular complexity index is 1330. The van der Waals surface area contributed by atoms with Crippen molar-refractivity contribution in [1.82, 2.24) is 4.72 Å². The van der Waals surface area contributed by atoms with Gasteiger partial charge in [-0.15, -0.1) is 0 Å². The third-order valence-electron chi connectivity index (χ3n) is 9.98. The van der Waals surface area contributed by atoms with Crippen molar-refractivity contribution in [2.75, 3.05) is 31.7 Å². The van der Waals surface area contributed by atoms with Crippen LogP contribution in [0.5, 0.6) is 5.75 Å². The first-order valence-electron chi connectivity index (χ1n) is 15.4. The molecule has 2 bridgehead atoms. The molecule has 1 amide bonds. The monoisotopic (exact) mass is 610 g/mol. The van der Waals surface area contributed by atoms with Gasteiger partial charge in [0.15, 0.2) is 0 Å². The average Bonchev–Trinajstić information content (AvgIpc) is 3.10. The number of fused-ring (bicyclic) bond motifs is 4. The van der Waals surface area contributed by atoms with Crippen molar-refractivity contribution < 1.29 is 19.4 Å². The highest BCUT2D eigenvalue weighted by Crippen LogP contribution is 2.47. The van der Waals surface area contributed by atoms with E-state index < -0.39 is 6.10 Å². The molecule has 0 unspecified atom stereocenters. The first kappa shape index (κ1) is 29.9. The number of hydrogen-bond acceptors (Lipinski definition) is 6. The lowest BCUT2D eigenvalue weighted by Crippen LogP contribution is -2.49. The third-order valence-corrected chi connectivity index (χ3v) is 11.6. The Morgan fingerprint density at radius 2 is 2.07 bits per heavy atom. The summed E-state index contributed by atoms with van der Waals surface area (Å²) < 4.78 is 15.6. The minimum absolute atomic E-state index is 0.0606. The van der Waals surface area contributed by atoms with Gasteiger partial charge in [-0.2, -0.15) is 0 Å². The van der Waals surface area contributed by atoms with Crippen LogP contribution in [0, 0.1) is 17.8 Å². The highest BCUT2D eigenvalue weighted by atomic mass is 35.5. The van der Waals surface area contributed by atoms with Crippen molar-refractivity contribution in [1.29, 1.82) is 0 Å². The number of anilines is 1. The standard InChI is InChI=1S/C34H43ClN2O4S/c1-21(2)32-31(40-3)8-4-7-29(38)26-12-9-24(26)18-37-19-34(15-5-6-22-16-25(35)11-13-27(22)34)20-41-30-14-10-23(17-28(30)37)33(39)36-42-32/h4,7,10-11,13-14,16-17,21,24,26,29,31-32,38H,5-6,8-9,12,15,18-20H2,1-3H3,(H,36,39)/b7-4-/t24-,26+,29-,31+,32+,34-/m0/s1. The number of methoxy groups -OCH3 is 1. The summed E-state index contributed by atoms with van der Waals surface area (Å²) in [5.74, 6) is 1.55. The minimum Gasteiger partial charge on any atom is -0.490 e. The molecule has 2 heterocycles. The van der Waals surface area contributed by atoms with E-state index in [2.05, 4.69) is 41.7 Å². The molecule has 42 heavy (non-hydrogen) atoms. The molecule has 0 radical (unpaired) electrons. The summed E-state index contributed by atoms with van der Waals surface area (Å²) in [7, 11) is 1.72. The predicted octanol–water partition coefficient (Wildman–Crippen LogP) is 6.58. The van der Waals surface area contributed by atoms with Gasteiger partial charge in [-0.1, -0.05) is 43.7 Å². The number of nitrogens with zero attached hydrogens (tertiary/aromatic N) is 1. The summed E-state index contributed by atoms with van der Waals surface area (Å²) in [5, 5.41) is 12.1. The van der Waals surface area contributed by atoms with Crippen LogP contribution in [0.25, 0.3) is 0 Å². The zero-order chi connectivity index (χ0) is 29.4. The van der Waals surface area contributed by atoms with Crippen molar-refractivity contribution >= 4 is 35.1 Å². The van der Waals surface area contributed by atoms with Crippen LogP contribution in [0.15, 0.2) is 48.6 Å². The van der Waals surface area contributed by atoms with Crippen LogP contribution < -0.4 is 14.4 Å². The number of amides is 1. The number of ether oxygens (including phenoxy) is 2. The lowest BCUT2D eigenvalue weighted by atomic mass is 9.68. The molecule has 2 N–H and O–H groups in total. The Morgan fingerprint density at radius 3 is 2.83 bits per heavy atom. The predicted molar refractivity (Wildman–Crippen MR) is 171 cm³/mol. The fraction of sp³-hybridized carbons (Fsp3) is 0.559. The maximum Gasteiger partial charge on any atom is 0.261 e. The lowest BCUT2D eigenvalue weighted by Gasteiger charge is -2.45. The Hall–Kier alpha value is -2.19. The number of benzene rings is 2. The molecule has 0 aromatic heterocycles. The van der Waals surface area contributed by atoms with Gasteiger partial charge in [-0.25, -0.2) is 0 Å². The van der Waals surface area contributed by atoms with E-state index in [4.69, 9.17) is 21.1 Å². The molecule has 2 aromatic carbocycles. The summed E-state index contributed by atoms with van der Waals surface area (Å²) >= 11 is 7.85. The van der Waals surface area contributed by atoms with Crippen LogP contribution in [0.2, 0.25) is 5.02 Å². The van der Waals surface area contributed by atoms with E-state index in [0.717, 1.165) is 61.7 Å². The smallest absolute Gasteiger partial charge is 0.261 e. The number of carbonyl (C=O) groups is 1. The van der Waals surface area contributed by atoms with Crippen LogP contribution in [0.3, 0.4) is 0 Å². The third kappa shape index (κ3) is 5.82. The van der Waals surface area contributed by atoms with Crippen molar-refractivity contribution in [2.45, 2.75) is 75.2 Å². The van der Waals surface area contributed by atoms with E-state index in [9.17, 15) is 9.90 Å². The molecule has 1 fully saturated rings. The number of hydrogen-bond donors (Lipinski definition) is 2. The summed E-state index contributed by atoms with van der Waals surface area (Å²) in [6.07, 6.45) is 9.39. The van der Waals surface area contributed by atoms with Crippen LogP contribution in [0.1, 0.15) is 67.4 Å². The first-order valence-corrected chi connectivity index (χ1v) is 16.7. The zero-order valence-corrected chi connectivity index (χ0v) is 26.4. The van der Waals surface area contributed by atoms with Gasteiger partial charge in [-0.3, -0.25) is 9.52 Å². The molecule has 0 saturated heterocycles. The SMILES string of the molecule is CO[C@@H]1C/C=C\[C@H](O)[C@@H]2CC[C@H]2CN2C[C@@]3(CCCc4cc(Cl)ccc43)COc3ccc(cc32)C(=O)NS[C@@H]1C(C)C. The molecule has 1 saturated carbocycles. The van der Waals surface area contributed by atoms with E-state index in [0.29, 0.717) is 24.5 Å². The molecule has 8 heteroatoms. The van der Waals surface area contributed by atoms with E-state index in [1.165, 1.54) is 23.1 Å². The topological polar surface area (TPSA) is 71.0 Å². The van der Waals surface area contributed by atoms with Gasteiger partial charge in [0.05, 0.1) is 29.8 Å². The quantitative estimate of drug-likeness (QED) is 0.296. The zero-order valence-electron chi connectivity index (χ0n) is 24.9. The number of halogens is 1. The van der Waals surface area contributed by atoms with Gasteiger partial charge in [0.2, 0.25) is 0 Å². The molecule has 2 aliphatic heterocycles. The van der Waals surface area contributed by atoms with Crippen LogP contribution >= 0.6 is 23.5 Å². The normalized spacial score (nSPS) is 32.2.